The minimum Gasteiger partial charge on any atom is -0.456 e. The van der Waals surface area contributed by atoms with Gasteiger partial charge in [0.1, 0.15) is 5.76 Å². The number of nitrogens with one attached hydrogen (secondary N) is 1. The maximum Gasteiger partial charge on any atom is 0.291 e. The van der Waals surface area contributed by atoms with Crippen LogP contribution in [0.3, 0.4) is 0 Å². The molecule has 3 aromatic rings. The van der Waals surface area contributed by atoms with Crippen LogP contribution in [0.15, 0.2) is 76.0 Å². The molecule has 1 heterocycles. The molecule has 7 heteroatoms. The molecule has 0 fully saturated rings. The van der Waals surface area contributed by atoms with Crippen molar-refractivity contribution in [1.82, 2.24) is 4.31 Å². The van der Waals surface area contributed by atoms with Crippen molar-refractivity contribution in [2.45, 2.75) is 18.4 Å². The van der Waals surface area contributed by atoms with Crippen molar-refractivity contribution in [3.63, 3.8) is 0 Å². The van der Waals surface area contributed by atoms with Gasteiger partial charge in [0.15, 0.2) is 5.76 Å². The van der Waals surface area contributed by atoms with E-state index in [0.29, 0.717) is 11.4 Å². The Kier molecular flexibility index (Phi) is 5.43. The summed E-state index contributed by atoms with van der Waals surface area (Å²) in [5.41, 5.74) is 1.39. The van der Waals surface area contributed by atoms with Crippen LogP contribution in [-0.2, 0) is 16.6 Å². The van der Waals surface area contributed by atoms with Crippen molar-refractivity contribution < 1.29 is 17.6 Å². The Morgan fingerprint density at radius 1 is 1.00 bits per heavy atom. The first-order valence-electron chi connectivity index (χ1n) is 8.34. The van der Waals surface area contributed by atoms with Gasteiger partial charge in [-0.05, 0) is 48.9 Å². The highest BCUT2D eigenvalue weighted by atomic mass is 32.2. The largest absolute Gasteiger partial charge is 0.456 e. The Hall–Kier alpha value is -2.90. The number of hydrogen-bond acceptors (Lipinski definition) is 4. The SMILES string of the molecule is Cc1ccc(C(=O)Nc2ccc(S(=O)(=O)N(C)Cc3ccccc3)cc2)o1. The quantitative estimate of drug-likeness (QED) is 0.703. The zero-order chi connectivity index (χ0) is 19.4. The van der Waals surface area contributed by atoms with Crippen LogP contribution in [0.1, 0.15) is 21.9 Å². The van der Waals surface area contributed by atoms with Gasteiger partial charge in [-0.25, -0.2) is 8.42 Å². The van der Waals surface area contributed by atoms with E-state index in [1.807, 2.05) is 30.3 Å². The van der Waals surface area contributed by atoms with Gasteiger partial charge in [0.05, 0.1) is 4.90 Å². The molecule has 140 valence electrons. The average Bonchev–Trinajstić information content (AvgIpc) is 3.09. The fourth-order valence-corrected chi connectivity index (χ4v) is 3.72. The molecule has 6 nitrogen and oxygen atoms in total. The third-order valence-corrected chi connectivity index (χ3v) is 5.85. The summed E-state index contributed by atoms with van der Waals surface area (Å²) in [6.45, 7) is 2.03. The van der Waals surface area contributed by atoms with Gasteiger partial charge in [0.25, 0.3) is 5.91 Å². The van der Waals surface area contributed by atoms with E-state index in [4.69, 9.17) is 4.42 Å². The lowest BCUT2D eigenvalue weighted by Gasteiger charge is -2.17. The standard InChI is InChI=1S/C20H20N2O4S/c1-15-8-13-19(26-15)20(23)21-17-9-11-18(12-10-17)27(24,25)22(2)14-16-6-4-3-5-7-16/h3-13H,14H2,1-2H3,(H,21,23). The molecule has 1 N–H and O–H groups in total. The van der Waals surface area contributed by atoms with E-state index in [1.54, 1.807) is 31.2 Å². The smallest absolute Gasteiger partial charge is 0.291 e. The van der Waals surface area contributed by atoms with Crippen LogP contribution >= 0.6 is 0 Å². The van der Waals surface area contributed by atoms with Gasteiger partial charge >= 0.3 is 0 Å². The van der Waals surface area contributed by atoms with Gasteiger partial charge in [-0.3, -0.25) is 4.79 Å². The number of benzene rings is 2. The molecule has 1 amide bonds. The molecule has 0 saturated heterocycles. The fourth-order valence-electron chi connectivity index (χ4n) is 2.56. The number of anilines is 1. The molecule has 0 unspecified atom stereocenters. The van der Waals surface area contributed by atoms with E-state index in [9.17, 15) is 13.2 Å². The summed E-state index contributed by atoms with van der Waals surface area (Å²) >= 11 is 0. The minimum atomic E-state index is -3.63. The van der Waals surface area contributed by atoms with Crippen LogP contribution in [0.5, 0.6) is 0 Å². The van der Waals surface area contributed by atoms with Crippen LogP contribution in [0.25, 0.3) is 0 Å². The lowest BCUT2D eigenvalue weighted by Crippen LogP contribution is -2.26. The highest BCUT2D eigenvalue weighted by Gasteiger charge is 2.21. The lowest BCUT2D eigenvalue weighted by molar-refractivity contribution is 0.0995. The Labute approximate surface area is 158 Å². The molecule has 0 aliphatic carbocycles. The van der Waals surface area contributed by atoms with Crippen molar-refractivity contribution in [3.8, 4) is 0 Å². The summed E-state index contributed by atoms with van der Waals surface area (Å²) in [6, 6.07) is 18.7. The Morgan fingerprint density at radius 2 is 1.67 bits per heavy atom. The normalized spacial score (nSPS) is 11.5. The second-order valence-electron chi connectivity index (χ2n) is 6.14. The zero-order valence-corrected chi connectivity index (χ0v) is 15.9. The second-order valence-corrected chi connectivity index (χ2v) is 8.18. The van der Waals surface area contributed by atoms with E-state index in [2.05, 4.69) is 5.32 Å². The fraction of sp³-hybridized carbons (Fsp3) is 0.150. The predicted molar refractivity (Wildman–Crippen MR) is 103 cm³/mol. The first-order chi connectivity index (χ1) is 12.9. The van der Waals surface area contributed by atoms with Gasteiger partial charge in [-0.15, -0.1) is 0 Å². The van der Waals surface area contributed by atoms with Crippen molar-refractivity contribution in [3.05, 3.63) is 83.8 Å². The molecule has 27 heavy (non-hydrogen) atoms. The first kappa shape index (κ1) is 18.9. The summed E-state index contributed by atoms with van der Waals surface area (Å²) in [5, 5.41) is 2.68. The molecule has 3 rings (SSSR count). The number of amides is 1. The third kappa shape index (κ3) is 4.45. The van der Waals surface area contributed by atoms with E-state index in [0.717, 1.165) is 5.56 Å². The molecular formula is C20H20N2O4S. The monoisotopic (exact) mass is 384 g/mol. The van der Waals surface area contributed by atoms with Crippen molar-refractivity contribution in [1.29, 1.82) is 0 Å². The maximum atomic E-state index is 12.7. The molecule has 2 aromatic carbocycles. The van der Waals surface area contributed by atoms with Gasteiger partial charge in [0.2, 0.25) is 10.0 Å². The number of aryl methyl sites for hydroxylation is 1. The lowest BCUT2D eigenvalue weighted by atomic mass is 10.2. The summed E-state index contributed by atoms with van der Waals surface area (Å²) in [4.78, 5) is 12.2. The molecule has 0 radical (unpaired) electrons. The van der Waals surface area contributed by atoms with Gasteiger partial charge in [-0.2, -0.15) is 4.31 Å². The molecule has 0 aliphatic rings. The number of hydrogen-bond donors (Lipinski definition) is 1. The van der Waals surface area contributed by atoms with E-state index in [-0.39, 0.29) is 23.1 Å². The number of nitrogens with zero attached hydrogens (tertiary/aromatic N) is 1. The summed E-state index contributed by atoms with van der Waals surface area (Å²) in [5.74, 6) is 0.453. The van der Waals surface area contributed by atoms with Gasteiger partial charge in [-0.1, -0.05) is 30.3 Å². The van der Waals surface area contributed by atoms with E-state index < -0.39 is 10.0 Å². The molecule has 1 aromatic heterocycles. The van der Waals surface area contributed by atoms with Crippen LogP contribution in [0, 0.1) is 6.92 Å². The molecule has 0 atom stereocenters. The molecule has 0 bridgehead atoms. The summed E-state index contributed by atoms with van der Waals surface area (Å²) < 4.78 is 32.0. The van der Waals surface area contributed by atoms with Crippen LogP contribution in [0.2, 0.25) is 0 Å². The number of rotatable bonds is 6. The molecule has 0 saturated carbocycles. The maximum absolute atomic E-state index is 12.7. The topological polar surface area (TPSA) is 79.6 Å². The summed E-state index contributed by atoms with van der Waals surface area (Å²) in [6.07, 6.45) is 0. The highest BCUT2D eigenvalue weighted by Crippen LogP contribution is 2.20. The number of carbonyl (C=O) groups is 1. The molecule has 0 spiro atoms. The van der Waals surface area contributed by atoms with Crippen LogP contribution < -0.4 is 5.32 Å². The van der Waals surface area contributed by atoms with Crippen LogP contribution in [-0.4, -0.2) is 25.7 Å². The van der Waals surface area contributed by atoms with E-state index in [1.165, 1.54) is 23.5 Å². The van der Waals surface area contributed by atoms with E-state index >= 15 is 0 Å². The van der Waals surface area contributed by atoms with Crippen molar-refractivity contribution in [2.24, 2.45) is 0 Å². The number of sulfonamides is 1. The zero-order valence-electron chi connectivity index (χ0n) is 15.0. The number of carbonyl (C=O) groups excluding carboxylic acids is 1. The van der Waals surface area contributed by atoms with Crippen molar-refractivity contribution >= 4 is 21.6 Å². The average molecular weight is 384 g/mol. The minimum absolute atomic E-state index is 0.160. The van der Waals surface area contributed by atoms with Gasteiger partial charge < -0.3 is 9.73 Å². The Morgan fingerprint density at radius 3 is 2.26 bits per heavy atom. The summed E-state index contributed by atoms with van der Waals surface area (Å²) in [7, 11) is -2.09. The number of furan rings is 1. The third-order valence-electron chi connectivity index (χ3n) is 4.03. The van der Waals surface area contributed by atoms with Gasteiger partial charge in [0, 0.05) is 19.3 Å². The van der Waals surface area contributed by atoms with Crippen LogP contribution in [0.4, 0.5) is 5.69 Å². The second kappa shape index (κ2) is 7.77. The highest BCUT2D eigenvalue weighted by molar-refractivity contribution is 7.89. The molecule has 0 aliphatic heterocycles. The first-order valence-corrected chi connectivity index (χ1v) is 9.78. The molecular weight excluding hydrogens is 364 g/mol. The Balaban J connectivity index is 1.71. The Bertz CT molecular complexity index is 1030. The van der Waals surface area contributed by atoms with Crippen molar-refractivity contribution in [2.75, 3.05) is 12.4 Å². The predicted octanol–water partition coefficient (Wildman–Crippen LogP) is 3.66.